The van der Waals surface area contributed by atoms with Crippen LogP contribution in [0.1, 0.15) is 15.9 Å². The zero-order valence-corrected chi connectivity index (χ0v) is 11.7. The number of nitrogens with zero attached hydrogens (tertiary/aromatic N) is 3. The summed E-state index contributed by atoms with van der Waals surface area (Å²) in [5, 5.41) is 4.02. The lowest BCUT2D eigenvalue weighted by atomic mass is 10.2. The largest absolute Gasteiger partial charge is 0.435 e. The number of carbonyl (C=O) groups is 1. The molecule has 1 aromatic heterocycles. The van der Waals surface area contributed by atoms with Gasteiger partial charge in [0.2, 0.25) is 0 Å². The van der Waals surface area contributed by atoms with Gasteiger partial charge in [-0.05, 0) is 18.2 Å². The highest BCUT2D eigenvalue weighted by Crippen LogP contribution is 2.17. The molecule has 0 saturated carbocycles. The molecule has 112 valence electrons. The van der Waals surface area contributed by atoms with Crippen LogP contribution in [0.3, 0.4) is 0 Å². The smallest absolute Gasteiger partial charge is 0.387 e. The van der Waals surface area contributed by atoms with Gasteiger partial charge in [-0.15, -0.1) is 0 Å². The van der Waals surface area contributed by atoms with Crippen molar-refractivity contribution in [3.05, 3.63) is 47.8 Å². The molecule has 7 heteroatoms. The van der Waals surface area contributed by atoms with Crippen LogP contribution in [-0.4, -0.2) is 34.2 Å². The van der Waals surface area contributed by atoms with Crippen LogP contribution in [0.15, 0.2) is 36.7 Å². The summed E-state index contributed by atoms with van der Waals surface area (Å²) in [6.07, 6.45) is 3.47. The summed E-state index contributed by atoms with van der Waals surface area (Å²) in [7, 11) is 3.42. The van der Waals surface area contributed by atoms with E-state index in [1.54, 1.807) is 37.2 Å². The molecule has 0 aliphatic carbocycles. The number of benzene rings is 1. The van der Waals surface area contributed by atoms with Crippen molar-refractivity contribution < 1.29 is 18.3 Å². The summed E-state index contributed by atoms with van der Waals surface area (Å²) < 4.78 is 30.3. The van der Waals surface area contributed by atoms with Crippen molar-refractivity contribution in [1.82, 2.24) is 14.7 Å². The predicted octanol–water partition coefficient (Wildman–Crippen LogP) is 2.29. The summed E-state index contributed by atoms with van der Waals surface area (Å²) in [6, 6.07) is 5.74. The van der Waals surface area contributed by atoms with E-state index in [0.29, 0.717) is 12.1 Å². The van der Waals surface area contributed by atoms with Gasteiger partial charge in [-0.2, -0.15) is 13.9 Å². The fourth-order valence-electron chi connectivity index (χ4n) is 1.92. The average molecular weight is 295 g/mol. The van der Waals surface area contributed by atoms with Crippen molar-refractivity contribution in [1.29, 1.82) is 0 Å². The van der Waals surface area contributed by atoms with Crippen LogP contribution in [0.25, 0.3) is 0 Å². The minimum Gasteiger partial charge on any atom is -0.435 e. The zero-order chi connectivity index (χ0) is 15.4. The van der Waals surface area contributed by atoms with E-state index in [4.69, 9.17) is 0 Å². The second-order valence-electron chi connectivity index (χ2n) is 4.59. The van der Waals surface area contributed by atoms with Gasteiger partial charge in [0, 0.05) is 38.0 Å². The van der Waals surface area contributed by atoms with Crippen molar-refractivity contribution in [2.75, 3.05) is 7.05 Å². The molecule has 1 heterocycles. The van der Waals surface area contributed by atoms with Gasteiger partial charge in [0.15, 0.2) is 0 Å². The molecular formula is C14H15F2N3O2. The molecule has 1 amide bonds. The first-order valence-electron chi connectivity index (χ1n) is 6.23. The second kappa shape index (κ2) is 6.34. The maximum Gasteiger partial charge on any atom is 0.387 e. The van der Waals surface area contributed by atoms with Crippen molar-refractivity contribution in [2.45, 2.75) is 13.2 Å². The molecule has 2 aromatic rings. The normalized spacial score (nSPS) is 10.7. The third kappa shape index (κ3) is 4.01. The number of alkyl halides is 2. The summed E-state index contributed by atoms with van der Waals surface area (Å²) in [5.41, 5.74) is 1.17. The van der Waals surface area contributed by atoms with Crippen LogP contribution >= 0.6 is 0 Å². The van der Waals surface area contributed by atoms with Gasteiger partial charge in [-0.1, -0.05) is 6.07 Å². The molecule has 0 aliphatic heterocycles. The molecule has 0 spiro atoms. The highest BCUT2D eigenvalue weighted by Gasteiger charge is 2.14. The number of aryl methyl sites for hydroxylation is 1. The van der Waals surface area contributed by atoms with Crippen LogP contribution in [0.2, 0.25) is 0 Å². The molecule has 0 bridgehead atoms. The van der Waals surface area contributed by atoms with Gasteiger partial charge < -0.3 is 9.64 Å². The van der Waals surface area contributed by atoms with E-state index in [-0.39, 0.29) is 11.7 Å². The van der Waals surface area contributed by atoms with Gasteiger partial charge in [0.1, 0.15) is 5.75 Å². The Morgan fingerprint density at radius 1 is 1.48 bits per heavy atom. The number of rotatable bonds is 5. The van der Waals surface area contributed by atoms with Crippen LogP contribution in [-0.2, 0) is 13.6 Å². The number of ether oxygens (including phenoxy) is 1. The maximum absolute atomic E-state index is 12.2. The lowest BCUT2D eigenvalue weighted by molar-refractivity contribution is -0.0499. The number of hydrogen-bond donors (Lipinski definition) is 0. The first kappa shape index (κ1) is 15.0. The molecular weight excluding hydrogens is 280 g/mol. The average Bonchev–Trinajstić information content (AvgIpc) is 2.82. The van der Waals surface area contributed by atoms with Crippen molar-refractivity contribution >= 4 is 5.91 Å². The number of hydrogen-bond acceptors (Lipinski definition) is 3. The minimum atomic E-state index is -2.91. The third-order valence-electron chi connectivity index (χ3n) is 2.83. The Hall–Kier alpha value is -2.44. The van der Waals surface area contributed by atoms with Crippen LogP contribution in [0.5, 0.6) is 5.75 Å². The van der Waals surface area contributed by atoms with E-state index in [9.17, 15) is 13.6 Å². The minimum absolute atomic E-state index is 0.0365. The van der Waals surface area contributed by atoms with Gasteiger partial charge >= 0.3 is 6.61 Å². The van der Waals surface area contributed by atoms with Crippen molar-refractivity contribution in [3.8, 4) is 5.75 Å². The standard InChI is InChI=1S/C14H15F2N3O2/c1-18(8-10-7-17-19(2)9-10)13(20)11-4-3-5-12(6-11)21-14(15)16/h3-7,9,14H,8H2,1-2H3. The van der Waals surface area contributed by atoms with E-state index in [0.717, 1.165) is 5.56 Å². The molecule has 2 rings (SSSR count). The Balaban J connectivity index is 2.08. The van der Waals surface area contributed by atoms with Gasteiger partial charge in [0.05, 0.1) is 6.20 Å². The molecule has 0 fully saturated rings. The Kier molecular flexibility index (Phi) is 4.52. The third-order valence-corrected chi connectivity index (χ3v) is 2.83. The predicted molar refractivity (Wildman–Crippen MR) is 72.1 cm³/mol. The quantitative estimate of drug-likeness (QED) is 0.850. The Morgan fingerprint density at radius 3 is 2.86 bits per heavy atom. The highest BCUT2D eigenvalue weighted by molar-refractivity contribution is 5.94. The fraction of sp³-hybridized carbons (Fsp3) is 0.286. The molecule has 0 aliphatic rings. The van der Waals surface area contributed by atoms with E-state index in [1.807, 2.05) is 0 Å². The molecule has 5 nitrogen and oxygen atoms in total. The van der Waals surface area contributed by atoms with Crippen LogP contribution in [0.4, 0.5) is 8.78 Å². The van der Waals surface area contributed by atoms with Crippen molar-refractivity contribution in [2.24, 2.45) is 7.05 Å². The molecule has 0 radical (unpaired) electrons. The molecule has 0 N–H and O–H groups in total. The fourth-order valence-corrected chi connectivity index (χ4v) is 1.92. The topological polar surface area (TPSA) is 47.4 Å². The van der Waals surface area contributed by atoms with Crippen LogP contribution < -0.4 is 4.74 Å². The van der Waals surface area contributed by atoms with Crippen molar-refractivity contribution in [3.63, 3.8) is 0 Å². The SMILES string of the molecule is CN(Cc1cnn(C)c1)C(=O)c1cccc(OC(F)F)c1. The Morgan fingerprint density at radius 2 is 2.24 bits per heavy atom. The zero-order valence-electron chi connectivity index (χ0n) is 11.7. The summed E-state index contributed by atoms with van der Waals surface area (Å²) in [5.74, 6) is -0.316. The Bertz CT molecular complexity index is 628. The second-order valence-corrected chi connectivity index (χ2v) is 4.59. The molecule has 0 atom stereocenters. The van der Waals surface area contributed by atoms with E-state index >= 15 is 0 Å². The van der Waals surface area contributed by atoms with Gasteiger partial charge in [-0.25, -0.2) is 0 Å². The molecule has 21 heavy (non-hydrogen) atoms. The number of halogens is 2. The Labute approximate surface area is 120 Å². The molecule has 1 aromatic carbocycles. The molecule has 0 saturated heterocycles. The van der Waals surface area contributed by atoms with Gasteiger partial charge in [0.25, 0.3) is 5.91 Å². The monoisotopic (exact) mass is 295 g/mol. The number of aromatic nitrogens is 2. The lowest BCUT2D eigenvalue weighted by Crippen LogP contribution is -2.26. The summed E-state index contributed by atoms with van der Waals surface area (Å²) >= 11 is 0. The lowest BCUT2D eigenvalue weighted by Gasteiger charge is -2.16. The number of carbonyl (C=O) groups excluding carboxylic acids is 1. The first-order chi connectivity index (χ1) is 9.95. The first-order valence-corrected chi connectivity index (χ1v) is 6.23. The van der Waals surface area contributed by atoms with E-state index < -0.39 is 6.61 Å². The van der Waals surface area contributed by atoms with E-state index in [2.05, 4.69) is 9.84 Å². The summed E-state index contributed by atoms with van der Waals surface area (Å²) in [4.78, 5) is 13.7. The highest BCUT2D eigenvalue weighted by atomic mass is 19.3. The number of amides is 1. The van der Waals surface area contributed by atoms with E-state index in [1.165, 1.54) is 23.1 Å². The summed E-state index contributed by atoms with van der Waals surface area (Å²) in [6.45, 7) is -2.53. The maximum atomic E-state index is 12.2. The molecule has 0 unspecified atom stereocenters. The van der Waals surface area contributed by atoms with Crippen LogP contribution in [0, 0.1) is 0 Å². The van der Waals surface area contributed by atoms with Gasteiger partial charge in [-0.3, -0.25) is 9.48 Å².